The summed E-state index contributed by atoms with van der Waals surface area (Å²) in [5, 5.41) is 30.6. The van der Waals surface area contributed by atoms with Gasteiger partial charge < -0.3 is 15.3 Å². The first-order valence-corrected chi connectivity index (χ1v) is 12.1. The maximum Gasteiger partial charge on any atom is 0.227 e. The summed E-state index contributed by atoms with van der Waals surface area (Å²) < 4.78 is 2.04. The lowest BCUT2D eigenvalue weighted by molar-refractivity contribution is 0.124. The van der Waals surface area contributed by atoms with Crippen LogP contribution in [0.5, 0.6) is 0 Å². The van der Waals surface area contributed by atoms with Gasteiger partial charge in [-0.2, -0.15) is 10.4 Å². The highest BCUT2D eigenvalue weighted by molar-refractivity contribution is 5.65. The number of piperidine rings is 1. The Morgan fingerprint density at radius 3 is 2.51 bits per heavy atom. The average Bonchev–Trinajstić information content (AvgIpc) is 3.32. The third-order valence-corrected chi connectivity index (χ3v) is 6.53. The van der Waals surface area contributed by atoms with Gasteiger partial charge in [0.1, 0.15) is 6.23 Å². The highest BCUT2D eigenvalue weighted by Gasteiger charge is 2.20. The lowest BCUT2D eigenvalue weighted by Gasteiger charge is -2.28. The summed E-state index contributed by atoms with van der Waals surface area (Å²) >= 11 is 0. The molecule has 1 aromatic carbocycles. The van der Waals surface area contributed by atoms with E-state index >= 15 is 0 Å². The summed E-state index contributed by atoms with van der Waals surface area (Å²) in [5.41, 5.74) is 4.25. The summed E-state index contributed by atoms with van der Waals surface area (Å²) in [4.78, 5) is 11.5. The van der Waals surface area contributed by atoms with E-state index < -0.39 is 12.3 Å². The number of anilines is 2. The molecule has 35 heavy (non-hydrogen) atoms. The number of benzene rings is 1. The number of rotatable bonds is 8. The number of aryl methyl sites for hydroxylation is 1. The fourth-order valence-corrected chi connectivity index (χ4v) is 4.25. The molecule has 2 aromatic heterocycles. The monoisotopic (exact) mass is 474 g/mol. The number of nitrogens with one attached hydrogen (secondary N) is 2. The standard InChI is InChI=1S/C26H34N8O/c1-17(2)23(13-27)31-25(35)20-7-5-19(6-8-20)24-18(3)14-28-26(32-24)30-21-15-29-34(16-21)22-9-11-33(4)12-10-22/h5-8,14-17,22-23,25,31,35H,9-12H2,1-4H3,(H,28,30,32)/t23-,25?/m1/s1. The van der Waals surface area contributed by atoms with E-state index in [9.17, 15) is 10.4 Å². The molecule has 1 saturated heterocycles. The van der Waals surface area contributed by atoms with E-state index in [4.69, 9.17) is 4.98 Å². The molecular weight excluding hydrogens is 440 g/mol. The third kappa shape index (κ3) is 6.03. The largest absolute Gasteiger partial charge is 0.374 e. The van der Waals surface area contributed by atoms with Crippen molar-refractivity contribution < 1.29 is 5.11 Å². The second-order valence-electron chi connectivity index (χ2n) is 9.64. The minimum Gasteiger partial charge on any atom is -0.374 e. The normalized spacial score (nSPS) is 16.7. The van der Waals surface area contributed by atoms with E-state index in [0.29, 0.717) is 17.6 Å². The van der Waals surface area contributed by atoms with Gasteiger partial charge in [-0.05, 0) is 56.9 Å². The number of hydrogen-bond acceptors (Lipinski definition) is 8. The summed E-state index contributed by atoms with van der Waals surface area (Å²) in [6, 6.07) is 9.74. The molecule has 0 saturated carbocycles. The first-order valence-electron chi connectivity index (χ1n) is 12.1. The third-order valence-electron chi connectivity index (χ3n) is 6.53. The fraction of sp³-hybridized carbons (Fsp3) is 0.462. The Balaban J connectivity index is 1.45. The number of aliphatic hydroxyl groups is 1. The van der Waals surface area contributed by atoms with Crippen molar-refractivity contribution in [3.8, 4) is 17.3 Å². The smallest absolute Gasteiger partial charge is 0.227 e. The lowest BCUT2D eigenvalue weighted by Crippen LogP contribution is -2.35. The predicted octanol–water partition coefficient (Wildman–Crippen LogP) is 3.79. The second-order valence-corrected chi connectivity index (χ2v) is 9.64. The van der Waals surface area contributed by atoms with Gasteiger partial charge in [0, 0.05) is 18.0 Å². The fourth-order valence-electron chi connectivity index (χ4n) is 4.25. The zero-order chi connectivity index (χ0) is 24.9. The first kappa shape index (κ1) is 24.8. The van der Waals surface area contributed by atoms with Crippen LogP contribution in [0.1, 0.15) is 50.1 Å². The van der Waals surface area contributed by atoms with E-state index in [0.717, 1.165) is 48.4 Å². The van der Waals surface area contributed by atoms with Crippen LogP contribution in [0.3, 0.4) is 0 Å². The van der Waals surface area contributed by atoms with Crippen LogP contribution in [0, 0.1) is 24.2 Å². The molecule has 1 aliphatic heterocycles. The zero-order valence-electron chi connectivity index (χ0n) is 20.8. The highest BCUT2D eigenvalue weighted by Crippen LogP contribution is 2.26. The van der Waals surface area contributed by atoms with E-state index in [2.05, 4.69) is 38.7 Å². The summed E-state index contributed by atoms with van der Waals surface area (Å²) in [7, 11) is 2.15. The van der Waals surface area contributed by atoms with E-state index in [1.807, 2.05) is 62.1 Å². The Labute approximate surface area is 206 Å². The topological polar surface area (TPSA) is 115 Å². The number of aromatic nitrogens is 4. The summed E-state index contributed by atoms with van der Waals surface area (Å²) in [5.74, 6) is 0.605. The molecule has 9 heteroatoms. The van der Waals surface area contributed by atoms with Crippen molar-refractivity contribution in [1.82, 2.24) is 30.0 Å². The Kier molecular flexibility index (Phi) is 7.76. The van der Waals surface area contributed by atoms with Gasteiger partial charge in [-0.25, -0.2) is 9.97 Å². The van der Waals surface area contributed by atoms with E-state index in [1.54, 1.807) is 6.20 Å². The summed E-state index contributed by atoms with van der Waals surface area (Å²) in [6.45, 7) is 8.03. The second kappa shape index (κ2) is 11.0. The molecule has 0 spiro atoms. The minimum atomic E-state index is -0.916. The zero-order valence-corrected chi connectivity index (χ0v) is 20.8. The van der Waals surface area contributed by atoms with Gasteiger partial charge in [0.15, 0.2) is 0 Å². The highest BCUT2D eigenvalue weighted by atomic mass is 16.3. The van der Waals surface area contributed by atoms with Gasteiger partial charge in [0.25, 0.3) is 0 Å². The first-order chi connectivity index (χ1) is 16.8. The quantitative estimate of drug-likeness (QED) is 0.423. The van der Waals surface area contributed by atoms with Crippen LogP contribution in [0.4, 0.5) is 11.6 Å². The molecule has 2 atom stereocenters. The van der Waals surface area contributed by atoms with Crippen LogP contribution in [0.25, 0.3) is 11.3 Å². The average molecular weight is 475 g/mol. The van der Waals surface area contributed by atoms with E-state index in [-0.39, 0.29) is 5.92 Å². The maximum atomic E-state index is 10.5. The summed E-state index contributed by atoms with van der Waals surface area (Å²) in [6.07, 6.45) is 6.91. The Hall–Kier alpha value is -3.32. The van der Waals surface area contributed by atoms with Crippen molar-refractivity contribution in [2.24, 2.45) is 5.92 Å². The molecule has 0 aliphatic carbocycles. The Morgan fingerprint density at radius 2 is 1.86 bits per heavy atom. The van der Waals surface area contributed by atoms with E-state index in [1.165, 1.54) is 0 Å². The van der Waals surface area contributed by atoms with Gasteiger partial charge in [-0.15, -0.1) is 0 Å². The molecule has 184 valence electrons. The van der Waals surface area contributed by atoms with Crippen LogP contribution < -0.4 is 10.6 Å². The van der Waals surface area contributed by atoms with Crippen molar-refractivity contribution in [2.75, 3.05) is 25.5 Å². The number of hydrogen-bond donors (Lipinski definition) is 3. The molecule has 3 heterocycles. The van der Waals surface area contributed by atoms with Gasteiger partial charge in [0.05, 0.1) is 35.7 Å². The van der Waals surface area contributed by atoms with Crippen LogP contribution in [-0.4, -0.2) is 55.9 Å². The molecule has 1 fully saturated rings. The Morgan fingerprint density at radius 1 is 1.14 bits per heavy atom. The van der Waals surface area contributed by atoms with Gasteiger partial charge in [-0.3, -0.25) is 10.00 Å². The molecule has 0 amide bonds. The van der Waals surface area contributed by atoms with Crippen LogP contribution in [-0.2, 0) is 0 Å². The number of nitriles is 1. The van der Waals surface area contributed by atoms with Gasteiger partial charge in [-0.1, -0.05) is 38.1 Å². The molecule has 0 radical (unpaired) electrons. The maximum absolute atomic E-state index is 10.5. The number of aliphatic hydroxyl groups excluding tert-OH is 1. The molecule has 3 N–H and O–H groups in total. The van der Waals surface area contributed by atoms with Crippen molar-refractivity contribution >= 4 is 11.6 Å². The van der Waals surface area contributed by atoms with Crippen LogP contribution in [0.2, 0.25) is 0 Å². The van der Waals surface area contributed by atoms with Crippen LogP contribution >= 0.6 is 0 Å². The van der Waals surface area contributed by atoms with Gasteiger partial charge in [0.2, 0.25) is 5.95 Å². The molecule has 4 rings (SSSR count). The Bertz CT molecular complexity index is 1160. The van der Waals surface area contributed by atoms with Crippen molar-refractivity contribution in [1.29, 1.82) is 5.26 Å². The number of nitrogens with zero attached hydrogens (tertiary/aromatic N) is 6. The lowest BCUT2D eigenvalue weighted by atomic mass is 10.0. The molecule has 1 unspecified atom stereocenters. The molecule has 3 aromatic rings. The van der Waals surface area contributed by atoms with Crippen LogP contribution in [0.15, 0.2) is 42.9 Å². The van der Waals surface area contributed by atoms with Crippen molar-refractivity contribution in [3.63, 3.8) is 0 Å². The molecule has 0 bridgehead atoms. The number of likely N-dealkylation sites (tertiary alicyclic amines) is 1. The SMILES string of the molecule is Cc1cnc(Nc2cnn(C3CCN(C)CC3)c2)nc1-c1ccc(C(O)N[C@H](C#N)C(C)C)cc1. The minimum absolute atomic E-state index is 0.0972. The predicted molar refractivity (Wildman–Crippen MR) is 136 cm³/mol. The molecule has 1 aliphatic rings. The molecule has 9 nitrogen and oxygen atoms in total. The molecular formula is C26H34N8O. The van der Waals surface area contributed by atoms with Gasteiger partial charge >= 0.3 is 0 Å². The van der Waals surface area contributed by atoms with Crippen molar-refractivity contribution in [2.45, 2.75) is 51.9 Å². The van der Waals surface area contributed by atoms with Crippen molar-refractivity contribution in [3.05, 3.63) is 54.0 Å².